The Balaban J connectivity index is 3.16. The molecule has 0 heterocycles. The van der Waals surface area contributed by atoms with Gasteiger partial charge in [0.05, 0.1) is 0 Å². The predicted molar refractivity (Wildman–Crippen MR) is 42.7 cm³/mol. The Bertz CT molecular complexity index is 73.7. The minimum Gasteiger partial charge on any atom is -0.309 e. The van der Waals surface area contributed by atoms with Crippen molar-refractivity contribution in [1.82, 2.24) is 4.90 Å². The zero-order valence-corrected chi connectivity index (χ0v) is 6.85. The molecule has 0 aromatic heterocycles. The van der Waals surface area contributed by atoms with Gasteiger partial charge in [-0.2, -0.15) is 0 Å². The molecule has 0 saturated carbocycles. The largest absolute Gasteiger partial charge is 0.309 e. The summed E-state index contributed by atoms with van der Waals surface area (Å²) in [6, 6.07) is 0. The van der Waals surface area contributed by atoms with E-state index in [4.69, 9.17) is 1.37 Å². The van der Waals surface area contributed by atoms with Gasteiger partial charge in [0.15, 0.2) is 0 Å². The van der Waals surface area contributed by atoms with Gasteiger partial charge >= 0.3 is 0 Å². The minimum atomic E-state index is 0.120. The number of rotatable bonds is 5. The van der Waals surface area contributed by atoms with Gasteiger partial charge < -0.3 is 4.90 Å². The van der Waals surface area contributed by atoms with Gasteiger partial charge in [0.1, 0.15) is 0 Å². The average molecular weight is 130 g/mol. The third-order valence-electron chi connectivity index (χ3n) is 1.26. The Morgan fingerprint density at radius 2 is 2.00 bits per heavy atom. The van der Waals surface area contributed by atoms with Gasteiger partial charge in [0.25, 0.3) is 0 Å². The first-order valence-electron chi connectivity index (χ1n) is 4.31. The second kappa shape index (κ2) is 6.09. The van der Waals surface area contributed by atoms with E-state index in [1.165, 1.54) is 12.8 Å². The van der Waals surface area contributed by atoms with Crippen LogP contribution in [0.15, 0.2) is 0 Å². The monoisotopic (exact) mass is 130 g/mol. The number of unbranched alkanes of at least 4 members (excludes halogenated alkanes) is 1. The van der Waals surface area contributed by atoms with Crippen molar-refractivity contribution in [3.8, 4) is 0 Å². The highest BCUT2D eigenvalue weighted by Crippen LogP contribution is 1.98. The van der Waals surface area contributed by atoms with Crippen LogP contribution < -0.4 is 0 Å². The van der Waals surface area contributed by atoms with Gasteiger partial charge in [0, 0.05) is 1.37 Å². The summed E-state index contributed by atoms with van der Waals surface area (Å²) >= 11 is 0. The van der Waals surface area contributed by atoms with E-state index >= 15 is 0 Å². The summed E-state index contributed by atoms with van der Waals surface area (Å²) in [7, 11) is 4.04. The molecule has 1 unspecified atom stereocenters. The van der Waals surface area contributed by atoms with Gasteiger partial charge in [-0.3, -0.25) is 0 Å². The first-order chi connectivity index (χ1) is 4.66. The van der Waals surface area contributed by atoms with Crippen LogP contribution in [0.4, 0.5) is 0 Å². The van der Waals surface area contributed by atoms with Crippen molar-refractivity contribution in [2.45, 2.75) is 32.6 Å². The molecule has 0 aliphatic rings. The summed E-state index contributed by atoms with van der Waals surface area (Å²) in [5, 5.41) is 0. The molecule has 0 fully saturated rings. The number of hydrogen-bond donors (Lipinski definition) is 0. The van der Waals surface area contributed by atoms with Crippen molar-refractivity contribution >= 4 is 0 Å². The maximum Gasteiger partial charge on any atom is 0.0280 e. The van der Waals surface area contributed by atoms with E-state index in [0.717, 1.165) is 13.0 Å². The minimum absolute atomic E-state index is 0.120. The first-order valence-corrected chi connectivity index (χ1v) is 3.73. The lowest BCUT2D eigenvalue weighted by Gasteiger charge is -2.07. The van der Waals surface area contributed by atoms with E-state index in [9.17, 15) is 0 Å². The normalized spacial score (nSPS) is 15.8. The Morgan fingerprint density at radius 1 is 1.33 bits per heavy atom. The highest BCUT2D eigenvalue weighted by Gasteiger charge is 1.88. The van der Waals surface area contributed by atoms with Crippen LogP contribution in [0.3, 0.4) is 0 Å². The second-order valence-corrected chi connectivity index (χ2v) is 2.69. The van der Waals surface area contributed by atoms with E-state index < -0.39 is 0 Å². The molecule has 0 aromatic carbocycles. The molecule has 1 heteroatoms. The standard InChI is InChI=1S/C8H19N/c1-4-5-6-7-8-9(2)3/h4-8H2,1-3H3/i7D. The molecule has 0 spiro atoms. The zero-order valence-electron chi connectivity index (χ0n) is 7.85. The average Bonchev–Trinajstić information content (AvgIpc) is 1.82. The van der Waals surface area contributed by atoms with Crippen LogP contribution in [0.5, 0.6) is 0 Å². The first kappa shape index (κ1) is 7.07. The summed E-state index contributed by atoms with van der Waals surface area (Å²) in [4.78, 5) is 2.08. The number of nitrogens with zero attached hydrogens (tertiary/aromatic N) is 1. The van der Waals surface area contributed by atoms with Crippen molar-refractivity contribution in [3.63, 3.8) is 0 Å². The summed E-state index contributed by atoms with van der Waals surface area (Å²) < 4.78 is 7.56. The quantitative estimate of drug-likeness (QED) is 0.551. The lowest BCUT2D eigenvalue weighted by Crippen LogP contribution is -2.12. The molecular weight excluding hydrogens is 110 g/mol. The summed E-state index contributed by atoms with van der Waals surface area (Å²) in [5.41, 5.74) is 0. The number of hydrogen-bond acceptors (Lipinski definition) is 1. The molecule has 0 amide bonds. The molecule has 0 rings (SSSR count). The van der Waals surface area contributed by atoms with Gasteiger partial charge in [0.2, 0.25) is 0 Å². The van der Waals surface area contributed by atoms with Crippen LogP contribution in [-0.2, 0) is 0 Å². The lowest BCUT2D eigenvalue weighted by atomic mass is 10.2. The molecule has 0 saturated heterocycles. The van der Waals surface area contributed by atoms with Crippen LogP contribution in [0, 0.1) is 0 Å². The van der Waals surface area contributed by atoms with E-state index in [-0.39, 0.29) is 6.40 Å². The van der Waals surface area contributed by atoms with Gasteiger partial charge in [-0.1, -0.05) is 26.2 Å². The lowest BCUT2D eigenvalue weighted by molar-refractivity contribution is 0.391. The predicted octanol–water partition coefficient (Wildman–Crippen LogP) is 2.13. The van der Waals surface area contributed by atoms with Crippen LogP contribution in [0.1, 0.15) is 34.0 Å². The van der Waals surface area contributed by atoms with Crippen molar-refractivity contribution < 1.29 is 1.37 Å². The van der Waals surface area contributed by atoms with Crippen molar-refractivity contribution in [2.24, 2.45) is 0 Å². The van der Waals surface area contributed by atoms with E-state index in [1.54, 1.807) is 0 Å². The van der Waals surface area contributed by atoms with Crippen molar-refractivity contribution in [1.29, 1.82) is 0 Å². The summed E-state index contributed by atoms with van der Waals surface area (Å²) in [6.45, 7) is 3.07. The van der Waals surface area contributed by atoms with Crippen LogP contribution >= 0.6 is 0 Å². The third kappa shape index (κ3) is 7.96. The smallest absolute Gasteiger partial charge is 0.0280 e. The Hall–Kier alpha value is -0.0400. The fourth-order valence-electron chi connectivity index (χ4n) is 0.698. The van der Waals surface area contributed by atoms with Crippen LogP contribution in [0.2, 0.25) is 0 Å². The van der Waals surface area contributed by atoms with Gasteiger partial charge in [-0.05, 0) is 27.0 Å². The maximum absolute atomic E-state index is 7.56. The zero-order chi connectivity index (χ0) is 7.98. The molecule has 0 aliphatic carbocycles. The van der Waals surface area contributed by atoms with Gasteiger partial charge in [-0.25, -0.2) is 0 Å². The van der Waals surface area contributed by atoms with Crippen molar-refractivity contribution in [3.05, 3.63) is 0 Å². The fourth-order valence-corrected chi connectivity index (χ4v) is 0.698. The second-order valence-electron chi connectivity index (χ2n) is 2.69. The van der Waals surface area contributed by atoms with Crippen molar-refractivity contribution in [2.75, 3.05) is 20.6 Å². The van der Waals surface area contributed by atoms with E-state index in [2.05, 4.69) is 11.8 Å². The molecule has 56 valence electrons. The molecule has 0 radical (unpaired) electrons. The Kier molecular flexibility index (Phi) is 4.78. The molecule has 1 nitrogen and oxygen atoms in total. The van der Waals surface area contributed by atoms with E-state index in [0.29, 0.717) is 0 Å². The molecule has 9 heavy (non-hydrogen) atoms. The summed E-state index contributed by atoms with van der Waals surface area (Å²) in [6.07, 6.45) is 3.58. The molecule has 0 N–H and O–H groups in total. The Labute approximate surface area is 60.5 Å². The molecular formula is C8H19N. The highest BCUT2D eigenvalue weighted by atomic mass is 15.0. The molecule has 0 aromatic rings. The highest BCUT2D eigenvalue weighted by molar-refractivity contribution is 4.44. The van der Waals surface area contributed by atoms with Gasteiger partial charge in [-0.15, -0.1) is 0 Å². The summed E-state index contributed by atoms with van der Waals surface area (Å²) in [5.74, 6) is 0. The maximum atomic E-state index is 7.56. The molecule has 1 atom stereocenters. The van der Waals surface area contributed by atoms with Crippen LogP contribution in [0.25, 0.3) is 0 Å². The topological polar surface area (TPSA) is 3.24 Å². The SMILES string of the molecule is [2H]C(CCCC)CN(C)C. The molecule has 0 bridgehead atoms. The molecule has 0 aliphatic heterocycles. The Morgan fingerprint density at radius 3 is 2.44 bits per heavy atom. The van der Waals surface area contributed by atoms with Crippen LogP contribution in [-0.4, -0.2) is 25.5 Å². The third-order valence-corrected chi connectivity index (χ3v) is 1.26. The van der Waals surface area contributed by atoms with E-state index in [1.807, 2.05) is 14.1 Å². The fraction of sp³-hybridized carbons (Fsp3) is 1.00.